The molecule has 3 heteroatoms. The van der Waals surface area contributed by atoms with E-state index in [-0.39, 0.29) is 6.10 Å². The molecule has 0 aliphatic carbocycles. The van der Waals surface area contributed by atoms with Crippen molar-refractivity contribution in [1.29, 1.82) is 0 Å². The average Bonchev–Trinajstić information content (AvgIpc) is 2.24. The molecule has 0 bridgehead atoms. The summed E-state index contributed by atoms with van der Waals surface area (Å²) in [5.41, 5.74) is 1.24. The molecule has 17 heavy (non-hydrogen) atoms. The topological polar surface area (TPSA) is 34.2 Å². The lowest BCUT2D eigenvalue weighted by atomic mass is 10.1. The normalized spacial score (nSPS) is 11.2. The zero-order valence-electron chi connectivity index (χ0n) is 11.4. The van der Waals surface area contributed by atoms with Crippen molar-refractivity contribution in [2.24, 2.45) is 0 Å². The van der Waals surface area contributed by atoms with Gasteiger partial charge in [-0.3, -0.25) is 4.98 Å². The molecule has 0 atom stereocenters. The van der Waals surface area contributed by atoms with E-state index < -0.39 is 0 Å². The Balaban J connectivity index is 2.37. The van der Waals surface area contributed by atoms with Crippen LogP contribution in [0.25, 0.3) is 0 Å². The summed E-state index contributed by atoms with van der Waals surface area (Å²) >= 11 is 0. The van der Waals surface area contributed by atoms with Crippen molar-refractivity contribution >= 4 is 0 Å². The van der Waals surface area contributed by atoms with E-state index in [2.05, 4.69) is 30.2 Å². The highest BCUT2D eigenvalue weighted by atomic mass is 16.5. The van der Waals surface area contributed by atoms with Crippen molar-refractivity contribution in [1.82, 2.24) is 10.3 Å². The molecule has 0 amide bonds. The molecule has 3 nitrogen and oxygen atoms in total. The van der Waals surface area contributed by atoms with E-state index >= 15 is 0 Å². The van der Waals surface area contributed by atoms with Crippen LogP contribution in [-0.2, 0) is 6.42 Å². The van der Waals surface area contributed by atoms with E-state index in [1.54, 1.807) is 6.20 Å². The van der Waals surface area contributed by atoms with Crippen LogP contribution in [0.15, 0.2) is 18.5 Å². The number of ether oxygens (including phenoxy) is 1. The minimum Gasteiger partial charge on any atom is -0.489 e. The highest BCUT2D eigenvalue weighted by molar-refractivity contribution is 5.23. The van der Waals surface area contributed by atoms with Gasteiger partial charge in [-0.15, -0.1) is 0 Å². The number of aromatic nitrogens is 1. The van der Waals surface area contributed by atoms with Crippen LogP contribution in [-0.4, -0.2) is 23.7 Å². The first-order valence-corrected chi connectivity index (χ1v) is 6.42. The number of nitrogens with zero attached hydrogens (tertiary/aromatic N) is 1. The molecule has 0 radical (unpaired) electrons. The monoisotopic (exact) mass is 236 g/mol. The molecular formula is C14H24N2O. The molecule has 0 spiro atoms. The molecule has 0 unspecified atom stereocenters. The van der Waals surface area contributed by atoms with Crippen molar-refractivity contribution in [2.75, 3.05) is 6.54 Å². The zero-order valence-corrected chi connectivity index (χ0v) is 11.4. The molecular weight excluding hydrogens is 212 g/mol. The average molecular weight is 236 g/mol. The van der Waals surface area contributed by atoms with E-state index in [4.69, 9.17) is 4.74 Å². The van der Waals surface area contributed by atoms with Gasteiger partial charge in [0.1, 0.15) is 5.75 Å². The van der Waals surface area contributed by atoms with Gasteiger partial charge >= 0.3 is 0 Å². The third kappa shape index (κ3) is 6.27. The lowest BCUT2D eigenvalue weighted by molar-refractivity contribution is 0.241. The van der Waals surface area contributed by atoms with E-state index in [1.165, 1.54) is 5.56 Å². The van der Waals surface area contributed by atoms with Crippen LogP contribution in [0.5, 0.6) is 5.75 Å². The lowest BCUT2D eigenvalue weighted by Crippen LogP contribution is -2.23. The Bertz CT molecular complexity index is 324. The highest BCUT2D eigenvalue weighted by Gasteiger charge is 2.00. The molecule has 1 rings (SSSR count). The Morgan fingerprint density at radius 2 is 2.00 bits per heavy atom. The highest BCUT2D eigenvalue weighted by Crippen LogP contribution is 2.13. The maximum Gasteiger partial charge on any atom is 0.138 e. The van der Waals surface area contributed by atoms with Gasteiger partial charge in [0.15, 0.2) is 0 Å². The quantitative estimate of drug-likeness (QED) is 0.739. The molecule has 0 saturated carbocycles. The number of hydrogen-bond donors (Lipinski definition) is 1. The Morgan fingerprint density at radius 1 is 1.24 bits per heavy atom. The van der Waals surface area contributed by atoms with Gasteiger partial charge in [0.25, 0.3) is 0 Å². The van der Waals surface area contributed by atoms with Gasteiger partial charge in [-0.2, -0.15) is 0 Å². The Labute approximate surface area is 105 Å². The predicted molar refractivity (Wildman–Crippen MR) is 71.5 cm³/mol. The van der Waals surface area contributed by atoms with Crippen LogP contribution < -0.4 is 10.1 Å². The molecule has 1 aromatic rings. The van der Waals surface area contributed by atoms with Gasteiger partial charge in [-0.1, -0.05) is 13.8 Å². The fourth-order valence-corrected chi connectivity index (χ4v) is 1.62. The summed E-state index contributed by atoms with van der Waals surface area (Å²) < 4.78 is 5.62. The summed E-state index contributed by atoms with van der Waals surface area (Å²) in [4.78, 5) is 4.21. The third-order valence-corrected chi connectivity index (χ3v) is 2.34. The minimum absolute atomic E-state index is 0.203. The van der Waals surface area contributed by atoms with Crippen molar-refractivity contribution in [3.8, 4) is 5.75 Å². The number of hydrogen-bond acceptors (Lipinski definition) is 3. The van der Waals surface area contributed by atoms with Gasteiger partial charge in [0, 0.05) is 12.2 Å². The molecule has 0 aliphatic rings. The predicted octanol–water partition coefficient (Wildman–Crippen LogP) is 2.80. The summed E-state index contributed by atoms with van der Waals surface area (Å²) in [5, 5.41) is 3.41. The largest absolute Gasteiger partial charge is 0.489 e. The zero-order chi connectivity index (χ0) is 12.7. The second-order valence-electron chi connectivity index (χ2n) is 4.91. The van der Waals surface area contributed by atoms with Gasteiger partial charge in [-0.25, -0.2) is 0 Å². The van der Waals surface area contributed by atoms with Crippen LogP contribution in [0.2, 0.25) is 0 Å². The Hall–Kier alpha value is -1.09. The molecule has 96 valence electrons. The van der Waals surface area contributed by atoms with Gasteiger partial charge in [0.2, 0.25) is 0 Å². The van der Waals surface area contributed by atoms with Gasteiger partial charge < -0.3 is 10.1 Å². The third-order valence-electron chi connectivity index (χ3n) is 2.34. The van der Waals surface area contributed by atoms with Crippen LogP contribution in [0.3, 0.4) is 0 Å². The Morgan fingerprint density at radius 3 is 2.65 bits per heavy atom. The smallest absolute Gasteiger partial charge is 0.138 e. The van der Waals surface area contributed by atoms with Crippen LogP contribution >= 0.6 is 0 Å². The van der Waals surface area contributed by atoms with E-state index in [1.807, 2.05) is 20.0 Å². The molecule has 1 aromatic heterocycles. The first kappa shape index (κ1) is 14.0. The van der Waals surface area contributed by atoms with Crippen LogP contribution in [0.4, 0.5) is 0 Å². The lowest BCUT2D eigenvalue weighted by Gasteiger charge is -2.11. The molecule has 0 aromatic carbocycles. The molecule has 1 heterocycles. The van der Waals surface area contributed by atoms with Gasteiger partial charge in [-0.05, 0) is 44.9 Å². The molecule has 1 N–H and O–H groups in total. The number of aryl methyl sites for hydroxylation is 1. The first-order valence-electron chi connectivity index (χ1n) is 6.42. The molecule has 0 fully saturated rings. The van der Waals surface area contributed by atoms with Crippen LogP contribution in [0.1, 0.15) is 39.7 Å². The van der Waals surface area contributed by atoms with Crippen molar-refractivity contribution in [3.05, 3.63) is 24.0 Å². The van der Waals surface area contributed by atoms with E-state index in [0.717, 1.165) is 25.1 Å². The summed E-state index contributed by atoms with van der Waals surface area (Å²) in [6.45, 7) is 9.43. The molecule has 0 saturated heterocycles. The first-order chi connectivity index (χ1) is 8.08. The maximum absolute atomic E-state index is 5.62. The van der Waals surface area contributed by atoms with Crippen molar-refractivity contribution < 1.29 is 4.74 Å². The van der Waals surface area contributed by atoms with Crippen molar-refractivity contribution in [3.63, 3.8) is 0 Å². The molecule has 0 aliphatic heterocycles. The van der Waals surface area contributed by atoms with Crippen molar-refractivity contribution in [2.45, 2.75) is 52.7 Å². The maximum atomic E-state index is 5.62. The second-order valence-corrected chi connectivity index (χ2v) is 4.91. The fourth-order valence-electron chi connectivity index (χ4n) is 1.62. The number of nitrogens with one attached hydrogen (secondary N) is 1. The second kappa shape index (κ2) is 7.28. The van der Waals surface area contributed by atoms with E-state index in [0.29, 0.717) is 6.04 Å². The minimum atomic E-state index is 0.203. The fraction of sp³-hybridized carbons (Fsp3) is 0.643. The van der Waals surface area contributed by atoms with E-state index in [9.17, 15) is 0 Å². The number of pyridine rings is 1. The Kier molecular flexibility index (Phi) is 5.98. The van der Waals surface area contributed by atoms with Gasteiger partial charge in [0.05, 0.1) is 12.3 Å². The number of rotatable bonds is 7. The summed E-state index contributed by atoms with van der Waals surface area (Å²) in [6, 6.07) is 2.64. The standard InChI is InChI=1S/C14H24N2O/c1-11(2)16-7-5-6-13-8-14(10-15-9-13)17-12(3)4/h8-12,16H,5-7H2,1-4H3. The summed E-state index contributed by atoms with van der Waals surface area (Å²) in [6.07, 6.45) is 6.07. The summed E-state index contributed by atoms with van der Waals surface area (Å²) in [5.74, 6) is 0.870. The summed E-state index contributed by atoms with van der Waals surface area (Å²) in [7, 11) is 0. The van der Waals surface area contributed by atoms with Crippen LogP contribution in [0, 0.1) is 0 Å². The SMILES string of the molecule is CC(C)NCCCc1cncc(OC(C)C)c1.